The predicted octanol–water partition coefficient (Wildman–Crippen LogP) is 0.200. The van der Waals surface area contributed by atoms with Gasteiger partial charge in [0.15, 0.2) is 0 Å². The minimum absolute atomic E-state index is 0.121. The Balaban J connectivity index is 3.50. The lowest BCUT2D eigenvalue weighted by molar-refractivity contribution is -0.120. The van der Waals surface area contributed by atoms with E-state index >= 15 is 0 Å². The maximum Gasteiger partial charge on any atom is 0.149 e. The Bertz CT molecular complexity index is 104. The molecule has 0 spiro atoms. The second-order valence-corrected chi connectivity index (χ2v) is 2.11. The summed E-state index contributed by atoms with van der Waals surface area (Å²) in [6.45, 7) is 4.60. The Labute approximate surface area is 61.8 Å². The molecule has 0 aromatic rings. The number of ketones is 1. The van der Waals surface area contributed by atoms with Crippen molar-refractivity contribution >= 4 is 5.78 Å². The van der Waals surface area contributed by atoms with Crippen molar-refractivity contribution < 1.29 is 9.53 Å². The molecule has 0 aliphatic carbocycles. The third kappa shape index (κ3) is 3.58. The lowest BCUT2D eigenvalue weighted by Gasteiger charge is -2.11. The molecule has 3 nitrogen and oxygen atoms in total. The third-order valence-electron chi connectivity index (χ3n) is 1.33. The number of carbonyl (C=O) groups is 1. The highest BCUT2D eigenvalue weighted by atomic mass is 16.5. The van der Waals surface area contributed by atoms with Crippen LogP contribution in [-0.4, -0.2) is 32.1 Å². The van der Waals surface area contributed by atoms with Crippen LogP contribution in [-0.2, 0) is 9.53 Å². The van der Waals surface area contributed by atoms with Gasteiger partial charge in [0.2, 0.25) is 0 Å². The van der Waals surface area contributed by atoms with Crippen LogP contribution in [0.5, 0.6) is 0 Å². The fourth-order valence-electron chi connectivity index (χ4n) is 0.640. The molecule has 0 heterocycles. The average molecular weight is 145 g/mol. The number of likely N-dealkylation sites (N-methyl/N-ethyl adjacent to an activating group) is 1. The van der Waals surface area contributed by atoms with Crippen LogP contribution < -0.4 is 5.32 Å². The van der Waals surface area contributed by atoms with Crippen molar-refractivity contribution in [2.75, 3.05) is 20.3 Å². The minimum Gasteiger partial charge on any atom is -0.380 e. The largest absolute Gasteiger partial charge is 0.380 e. The van der Waals surface area contributed by atoms with Crippen LogP contribution in [0.3, 0.4) is 0 Å². The standard InChI is InChI=1S/C7H15NO2/c1-4-10-5-7(8-3)6(2)9/h7-8H,4-5H2,1-3H3/t7-/m1/s1. The summed E-state index contributed by atoms with van der Waals surface area (Å²) in [5, 5.41) is 2.86. The van der Waals surface area contributed by atoms with Crippen molar-refractivity contribution in [2.24, 2.45) is 0 Å². The van der Waals surface area contributed by atoms with E-state index < -0.39 is 0 Å². The number of Topliss-reactive ketones (excluding diaryl/α,β-unsaturated/α-hetero) is 1. The maximum absolute atomic E-state index is 10.7. The molecule has 0 saturated carbocycles. The molecule has 1 N–H and O–H groups in total. The second kappa shape index (κ2) is 5.38. The summed E-state index contributed by atoms with van der Waals surface area (Å²) in [5.41, 5.74) is 0. The molecule has 0 radical (unpaired) electrons. The minimum atomic E-state index is -0.139. The molecule has 60 valence electrons. The molecule has 0 aromatic heterocycles. The molecule has 0 unspecified atom stereocenters. The molecule has 1 atom stereocenters. The number of carbonyl (C=O) groups excluding carboxylic acids is 1. The Morgan fingerprint density at radius 2 is 2.30 bits per heavy atom. The molecule has 0 aromatic carbocycles. The molecule has 0 rings (SSSR count). The van der Waals surface area contributed by atoms with Gasteiger partial charge in [-0.05, 0) is 20.9 Å². The van der Waals surface area contributed by atoms with Crippen LogP contribution in [0.4, 0.5) is 0 Å². The molecule has 0 bridgehead atoms. The van der Waals surface area contributed by atoms with Crippen molar-refractivity contribution in [3.63, 3.8) is 0 Å². The topological polar surface area (TPSA) is 38.3 Å². The molecule has 0 aliphatic rings. The van der Waals surface area contributed by atoms with Crippen molar-refractivity contribution in [2.45, 2.75) is 19.9 Å². The van der Waals surface area contributed by atoms with E-state index in [0.717, 1.165) is 0 Å². The number of rotatable bonds is 5. The van der Waals surface area contributed by atoms with E-state index in [-0.39, 0.29) is 11.8 Å². The van der Waals surface area contributed by atoms with E-state index in [1.54, 1.807) is 14.0 Å². The summed E-state index contributed by atoms with van der Waals surface area (Å²) < 4.78 is 5.06. The fraction of sp³-hybridized carbons (Fsp3) is 0.857. The molecule has 0 fully saturated rings. The van der Waals surface area contributed by atoms with Gasteiger partial charge >= 0.3 is 0 Å². The van der Waals surface area contributed by atoms with Crippen LogP contribution in [0.25, 0.3) is 0 Å². The molecular weight excluding hydrogens is 130 g/mol. The fourth-order valence-corrected chi connectivity index (χ4v) is 0.640. The Morgan fingerprint density at radius 3 is 2.60 bits per heavy atom. The van der Waals surface area contributed by atoms with Crippen LogP contribution in [0.2, 0.25) is 0 Å². The quantitative estimate of drug-likeness (QED) is 0.600. The van der Waals surface area contributed by atoms with E-state index in [1.807, 2.05) is 6.92 Å². The summed E-state index contributed by atoms with van der Waals surface area (Å²) in [6, 6.07) is -0.139. The molecule has 3 heteroatoms. The van der Waals surface area contributed by atoms with E-state index in [1.165, 1.54) is 0 Å². The van der Waals surface area contributed by atoms with Gasteiger partial charge in [-0.15, -0.1) is 0 Å². The maximum atomic E-state index is 10.7. The van der Waals surface area contributed by atoms with Crippen LogP contribution >= 0.6 is 0 Å². The molecule has 10 heavy (non-hydrogen) atoms. The summed E-state index contributed by atoms with van der Waals surface area (Å²) in [6.07, 6.45) is 0. The van der Waals surface area contributed by atoms with Crippen molar-refractivity contribution in [3.05, 3.63) is 0 Å². The first-order valence-corrected chi connectivity index (χ1v) is 3.47. The van der Waals surface area contributed by atoms with Gasteiger partial charge in [-0.25, -0.2) is 0 Å². The van der Waals surface area contributed by atoms with Gasteiger partial charge in [-0.3, -0.25) is 4.79 Å². The monoisotopic (exact) mass is 145 g/mol. The van der Waals surface area contributed by atoms with Crippen LogP contribution in [0.15, 0.2) is 0 Å². The highest BCUT2D eigenvalue weighted by molar-refractivity contribution is 5.81. The molecule has 0 aliphatic heterocycles. The van der Waals surface area contributed by atoms with Gasteiger partial charge in [-0.2, -0.15) is 0 Å². The molecular formula is C7H15NO2. The SMILES string of the molecule is CCOC[C@@H](NC)C(C)=O. The van der Waals surface area contributed by atoms with E-state index in [9.17, 15) is 4.79 Å². The Kier molecular flexibility index (Phi) is 5.16. The predicted molar refractivity (Wildman–Crippen MR) is 40.0 cm³/mol. The van der Waals surface area contributed by atoms with Gasteiger partial charge in [0, 0.05) is 6.61 Å². The van der Waals surface area contributed by atoms with Crippen molar-refractivity contribution in [3.8, 4) is 0 Å². The van der Waals surface area contributed by atoms with Gasteiger partial charge in [-0.1, -0.05) is 0 Å². The number of hydrogen-bond acceptors (Lipinski definition) is 3. The first kappa shape index (κ1) is 9.59. The van der Waals surface area contributed by atoms with Crippen molar-refractivity contribution in [1.82, 2.24) is 5.32 Å². The first-order valence-electron chi connectivity index (χ1n) is 3.47. The summed E-state index contributed by atoms with van der Waals surface area (Å²) in [4.78, 5) is 10.7. The molecule has 0 amide bonds. The van der Waals surface area contributed by atoms with Gasteiger partial charge in [0.25, 0.3) is 0 Å². The van der Waals surface area contributed by atoms with Crippen LogP contribution in [0, 0.1) is 0 Å². The zero-order valence-electron chi connectivity index (χ0n) is 6.81. The van der Waals surface area contributed by atoms with E-state index in [4.69, 9.17) is 4.74 Å². The zero-order valence-corrected chi connectivity index (χ0v) is 6.81. The normalized spacial score (nSPS) is 13.1. The van der Waals surface area contributed by atoms with Crippen LogP contribution in [0.1, 0.15) is 13.8 Å². The summed E-state index contributed by atoms with van der Waals surface area (Å²) >= 11 is 0. The lowest BCUT2D eigenvalue weighted by Crippen LogP contribution is -2.36. The zero-order chi connectivity index (χ0) is 7.98. The Hall–Kier alpha value is -0.410. The second-order valence-electron chi connectivity index (χ2n) is 2.11. The average Bonchev–Trinajstić information content (AvgIpc) is 1.89. The highest BCUT2D eigenvalue weighted by Gasteiger charge is 2.09. The van der Waals surface area contributed by atoms with Gasteiger partial charge < -0.3 is 10.1 Å². The molecule has 0 saturated heterocycles. The smallest absolute Gasteiger partial charge is 0.149 e. The first-order chi connectivity index (χ1) is 4.72. The lowest BCUT2D eigenvalue weighted by atomic mass is 10.2. The highest BCUT2D eigenvalue weighted by Crippen LogP contribution is 1.86. The number of hydrogen-bond donors (Lipinski definition) is 1. The number of nitrogens with one attached hydrogen (secondary N) is 1. The van der Waals surface area contributed by atoms with E-state index in [0.29, 0.717) is 13.2 Å². The van der Waals surface area contributed by atoms with Crippen molar-refractivity contribution in [1.29, 1.82) is 0 Å². The Morgan fingerprint density at radius 1 is 1.70 bits per heavy atom. The van der Waals surface area contributed by atoms with E-state index in [2.05, 4.69) is 5.32 Å². The summed E-state index contributed by atoms with van der Waals surface area (Å²) in [5.74, 6) is 0.121. The third-order valence-corrected chi connectivity index (χ3v) is 1.33. The van der Waals surface area contributed by atoms with Gasteiger partial charge in [0.1, 0.15) is 5.78 Å². The summed E-state index contributed by atoms with van der Waals surface area (Å²) in [7, 11) is 1.76. The van der Waals surface area contributed by atoms with Gasteiger partial charge in [0.05, 0.1) is 12.6 Å². The number of ether oxygens (including phenoxy) is 1.